The maximum Gasteiger partial charge on any atom is 0.133 e. The van der Waals surface area contributed by atoms with Crippen molar-refractivity contribution in [1.29, 1.82) is 0 Å². The summed E-state index contributed by atoms with van der Waals surface area (Å²) in [5.41, 5.74) is 2.22. The molecule has 0 spiro atoms. The molecule has 5 nitrogen and oxygen atoms in total. The van der Waals surface area contributed by atoms with E-state index in [1.54, 1.807) is 0 Å². The van der Waals surface area contributed by atoms with Crippen molar-refractivity contribution in [2.45, 2.75) is 38.8 Å². The van der Waals surface area contributed by atoms with Gasteiger partial charge in [-0.1, -0.05) is 11.6 Å². The van der Waals surface area contributed by atoms with E-state index in [-0.39, 0.29) is 0 Å². The molecule has 1 aliphatic rings. The molecular weight excluding hydrogens is 228 g/mol. The van der Waals surface area contributed by atoms with Crippen LogP contribution in [0.25, 0.3) is 0 Å². The Bertz CT molecular complexity index is 491. The van der Waals surface area contributed by atoms with Crippen molar-refractivity contribution in [3.05, 3.63) is 35.5 Å². The Labute approximate surface area is 106 Å². The summed E-state index contributed by atoms with van der Waals surface area (Å²) in [5.74, 6) is 0.875. The van der Waals surface area contributed by atoms with E-state index in [9.17, 15) is 0 Å². The van der Waals surface area contributed by atoms with Crippen molar-refractivity contribution in [1.82, 2.24) is 20.3 Å². The maximum atomic E-state index is 5.14. The Morgan fingerprint density at radius 1 is 1.50 bits per heavy atom. The van der Waals surface area contributed by atoms with Crippen LogP contribution in [0.3, 0.4) is 0 Å². The molecule has 1 fully saturated rings. The zero-order valence-electron chi connectivity index (χ0n) is 10.6. The van der Waals surface area contributed by atoms with E-state index in [1.165, 1.54) is 25.0 Å². The molecule has 0 aromatic carbocycles. The van der Waals surface area contributed by atoms with Crippen LogP contribution in [0, 0.1) is 6.92 Å². The van der Waals surface area contributed by atoms with Crippen molar-refractivity contribution < 1.29 is 4.52 Å². The molecule has 5 heteroatoms. The number of H-pyrrole nitrogens is 1. The number of hydrogen-bond donors (Lipinski definition) is 1. The fraction of sp³-hybridized carbons (Fsp3) is 0.538. The first kappa shape index (κ1) is 11.5. The van der Waals surface area contributed by atoms with Crippen LogP contribution in [0.4, 0.5) is 0 Å². The summed E-state index contributed by atoms with van der Waals surface area (Å²) < 4.78 is 5.14. The molecule has 1 N–H and O–H groups in total. The van der Waals surface area contributed by atoms with Gasteiger partial charge >= 0.3 is 0 Å². The summed E-state index contributed by atoms with van der Waals surface area (Å²) in [6.07, 6.45) is 5.53. The third-order valence-corrected chi connectivity index (χ3v) is 3.54. The fourth-order valence-electron chi connectivity index (χ4n) is 2.69. The Morgan fingerprint density at radius 3 is 3.17 bits per heavy atom. The molecule has 1 aliphatic heterocycles. The number of likely N-dealkylation sites (tertiary alicyclic amines) is 1. The van der Waals surface area contributed by atoms with Crippen molar-refractivity contribution in [3.8, 4) is 0 Å². The van der Waals surface area contributed by atoms with Gasteiger partial charge in [-0.3, -0.25) is 10.00 Å². The summed E-state index contributed by atoms with van der Waals surface area (Å²) in [5, 5.41) is 11.2. The van der Waals surface area contributed by atoms with Crippen LogP contribution in [0.5, 0.6) is 0 Å². The Kier molecular flexibility index (Phi) is 3.15. The normalized spacial score (nSPS) is 21.3. The maximum absolute atomic E-state index is 5.14. The van der Waals surface area contributed by atoms with Crippen molar-refractivity contribution in [2.75, 3.05) is 6.54 Å². The van der Waals surface area contributed by atoms with E-state index in [0.717, 1.165) is 24.5 Å². The van der Waals surface area contributed by atoms with Crippen molar-refractivity contribution in [3.63, 3.8) is 0 Å². The number of nitrogens with one attached hydrogen (secondary N) is 1. The minimum Gasteiger partial charge on any atom is -0.361 e. The third-order valence-electron chi connectivity index (χ3n) is 3.54. The number of aromatic amines is 1. The van der Waals surface area contributed by atoms with Crippen LogP contribution in [-0.2, 0) is 6.54 Å². The zero-order valence-corrected chi connectivity index (χ0v) is 10.6. The SMILES string of the molecule is Cc1cc(CN2CCCC[C@H]2c2ccn[nH]2)no1. The van der Waals surface area contributed by atoms with Gasteiger partial charge in [-0.05, 0) is 32.4 Å². The van der Waals surface area contributed by atoms with Gasteiger partial charge in [0.05, 0.1) is 17.4 Å². The monoisotopic (exact) mass is 246 g/mol. The third kappa shape index (κ3) is 2.31. The summed E-state index contributed by atoms with van der Waals surface area (Å²) in [7, 11) is 0. The van der Waals surface area contributed by atoms with Gasteiger partial charge in [-0.2, -0.15) is 5.10 Å². The minimum absolute atomic E-state index is 0.429. The average Bonchev–Trinajstić information content (AvgIpc) is 3.02. The van der Waals surface area contributed by atoms with Crippen LogP contribution in [0.1, 0.15) is 42.5 Å². The highest BCUT2D eigenvalue weighted by atomic mass is 16.5. The lowest BCUT2D eigenvalue weighted by molar-refractivity contribution is 0.133. The number of nitrogens with zero attached hydrogens (tertiary/aromatic N) is 3. The van der Waals surface area contributed by atoms with E-state index in [0.29, 0.717) is 6.04 Å². The lowest BCUT2D eigenvalue weighted by Crippen LogP contribution is -2.33. The molecule has 3 heterocycles. The highest BCUT2D eigenvalue weighted by molar-refractivity contribution is 5.09. The molecule has 0 unspecified atom stereocenters. The average molecular weight is 246 g/mol. The van der Waals surface area contributed by atoms with Crippen LogP contribution in [0.2, 0.25) is 0 Å². The van der Waals surface area contributed by atoms with Crippen LogP contribution in [0.15, 0.2) is 22.9 Å². The molecule has 0 aliphatic carbocycles. The van der Waals surface area contributed by atoms with Gasteiger partial charge in [0.25, 0.3) is 0 Å². The fourth-order valence-corrected chi connectivity index (χ4v) is 2.69. The molecule has 3 rings (SSSR count). The van der Waals surface area contributed by atoms with E-state index < -0.39 is 0 Å². The Morgan fingerprint density at radius 2 is 2.44 bits per heavy atom. The lowest BCUT2D eigenvalue weighted by Gasteiger charge is -2.34. The summed E-state index contributed by atoms with van der Waals surface area (Å²) in [6, 6.07) is 4.51. The van der Waals surface area contributed by atoms with Gasteiger partial charge in [-0.15, -0.1) is 0 Å². The number of aryl methyl sites for hydroxylation is 1. The quantitative estimate of drug-likeness (QED) is 0.903. The van der Waals surface area contributed by atoms with Crippen molar-refractivity contribution in [2.24, 2.45) is 0 Å². The van der Waals surface area contributed by atoms with E-state index in [2.05, 4.69) is 26.3 Å². The van der Waals surface area contributed by atoms with Crippen molar-refractivity contribution >= 4 is 0 Å². The van der Waals surface area contributed by atoms with E-state index in [1.807, 2.05) is 19.2 Å². The van der Waals surface area contributed by atoms with Gasteiger partial charge in [-0.25, -0.2) is 0 Å². The number of piperidine rings is 1. The first-order valence-electron chi connectivity index (χ1n) is 6.48. The van der Waals surface area contributed by atoms with E-state index in [4.69, 9.17) is 4.52 Å². The van der Waals surface area contributed by atoms with E-state index >= 15 is 0 Å². The minimum atomic E-state index is 0.429. The highest BCUT2D eigenvalue weighted by Crippen LogP contribution is 2.30. The molecule has 96 valence electrons. The molecular formula is C13H18N4O. The molecule has 0 bridgehead atoms. The summed E-state index contributed by atoms with van der Waals surface area (Å²) in [4.78, 5) is 2.45. The molecule has 18 heavy (non-hydrogen) atoms. The topological polar surface area (TPSA) is 58.0 Å². The summed E-state index contributed by atoms with van der Waals surface area (Å²) >= 11 is 0. The predicted molar refractivity (Wildman–Crippen MR) is 66.8 cm³/mol. The van der Waals surface area contributed by atoms with Crippen LogP contribution >= 0.6 is 0 Å². The molecule has 0 amide bonds. The molecule has 0 radical (unpaired) electrons. The molecule has 1 atom stereocenters. The van der Waals surface area contributed by atoms with Crippen LogP contribution < -0.4 is 0 Å². The largest absolute Gasteiger partial charge is 0.361 e. The first-order valence-corrected chi connectivity index (χ1v) is 6.48. The first-order chi connectivity index (χ1) is 8.83. The Hall–Kier alpha value is -1.62. The second-order valence-corrected chi connectivity index (χ2v) is 4.92. The predicted octanol–water partition coefficient (Wildman–Crippen LogP) is 2.43. The molecule has 1 saturated heterocycles. The second kappa shape index (κ2) is 4.94. The Balaban J connectivity index is 1.76. The number of aromatic nitrogens is 3. The van der Waals surface area contributed by atoms with Gasteiger partial charge in [0.15, 0.2) is 0 Å². The lowest BCUT2D eigenvalue weighted by atomic mass is 9.99. The van der Waals surface area contributed by atoms with Gasteiger partial charge < -0.3 is 4.52 Å². The highest BCUT2D eigenvalue weighted by Gasteiger charge is 2.25. The van der Waals surface area contributed by atoms with Gasteiger partial charge in [0.1, 0.15) is 5.76 Å². The molecule has 2 aromatic heterocycles. The molecule has 2 aromatic rings. The number of rotatable bonds is 3. The van der Waals surface area contributed by atoms with Gasteiger partial charge in [0, 0.05) is 18.8 Å². The zero-order chi connectivity index (χ0) is 12.4. The standard InChI is InChI=1S/C13H18N4O/c1-10-8-11(16-18-10)9-17-7-3-2-4-13(17)12-5-6-14-15-12/h5-6,8,13H,2-4,7,9H2,1H3,(H,14,15)/t13-/m0/s1. The second-order valence-electron chi connectivity index (χ2n) is 4.92. The smallest absolute Gasteiger partial charge is 0.133 e. The van der Waals surface area contributed by atoms with Gasteiger partial charge in [0.2, 0.25) is 0 Å². The molecule has 0 saturated carbocycles. The van der Waals surface area contributed by atoms with Crippen LogP contribution in [-0.4, -0.2) is 26.8 Å². The summed E-state index contributed by atoms with van der Waals surface area (Å²) in [6.45, 7) is 3.88. The number of hydrogen-bond acceptors (Lipinski definition) is 4.